The van der Waals surface area contributed by atoms with Gasteiger partial charge in [0.1, 0.15) is 18.0 Å². The zero-order chi connectivity index (χ0) is 23.4. The fraction of sp³-hybridized carbons (Fsp3) is 0.250. The summed E-state index contributed by atoms with van der Waals surface area (Å²) in [4.78, 5) is 37.2. The number of hydrogen-bond donors (Lipinski definition) is 4. The maximum absolute atomic E-state index is 13.1. The van der Waals surface area contributed by atoms with E-state index in [0.717, 1.165) is 27.4 Å². The second-order valence-electron chi connectivity index (χ2n) is 8.62. The Bertz CT molecular complexity index is 1290. The second kappa shape index (κ2) is 9.15. The Morgan fingerprint density at radius 1 is 1.03 bits per heavy atom. The van der Waals surface area contributed by atoms with Crippen molar-refractivity contribution < 1.29 is 14.3 Å². The first kappa shape index (κ1) is 22.1. The molecule has 0 spiro atoms. The highest BCUT2D eigenvalue weighted by atomic mass is 16.6. The summed E-state index contributed by atoms with van der Waals surface area (Å²) in [6.07, 6.45) is 2.85. The number of hydrazine groups is 1. The second-order valence-corrected chi connectivity index (χ2v) is 8.62. The summed E-state index contributed by atoms with van der Waals surface area (Å²) >= 11 is 0. The van der Waals surface area contributed by atoms with Gasteiger partial charge in [0, 0.05) is 28.9 Å². The van der Waals surface area contributed by atoms with Gasteiger partial charge < -0.3 is 15.0 Å². The third-order valence-electron chi connectivity index (χ3n) is 4.95. The molecular weight excluding hydrogens is 420 g/mol. The van der Waals surface area contributed by atoms with Gasteiger partial charge in [-0.05, 0) is 44.5 Å². The van der Waals surface area contributed by atoms with E-state index in [1.165, 1.54) is 6.33 Å². The fourth-order valence-electron chi connectivity index (χ4n) is 3.49. The van der Waals surface area contributed by atoms with Crippen molar-refractivity contribution in [2.75, 3.05) is 5.43 Å². The Labute approximate surface area is 190 Å². The lowest BCUT2D eigenvalue weighted by molar-refractivity contribution is -0.122. The van der Waals surface area contributed by atoms with Crippen molar-refractivity contribution in [2.24, 2.45) is 0 Å². The van der Waals surface area contributed by atoms with Crippen LogP contribution in [0.2, 0.25) is 0 Å². The number of carbonyl (C=O) groups is 2. The molecule has 4 N–H and O–H groups in total. The van der Waals surface area contributed by atoms with Gasteiger partial charge in [-0.15, -0.1) is 0 Å². The van der Waals surface area contributed by atoms with E-state index >= 15 is 0 Å². The van der Waals surface area contributed by atoms with Gasteiger partial charge in [0.2, 0.25) is 0 Å². The fourth-order valence-corrected chi connectivity index (χ4v) is 3.49. The van der Waals surface area contributed by atoms with Crippen LogP contribution in [0.1, 0.15) is 26.3 Å². The standard InChI is InChI=1S/C24H26N6O3/c1-24(2,3)33-23(32)28-20(12-15-13-25-18-10-6-4-8-16(15)18)22(31)30-29-21-17-9-5-7-11-19(17)26-14-27-21/h4-11,13-14,20,25H,12H2,1-3H3,(H,28,32)(H,30,31)(H,26,27,29)/t20-/m1/s1. The minimum atomic E-state index is -0.889. The maximum Gasteiger partial charge on any atom is 0.408 e. The van der Waals surface area contributed by atoms with E-state index < -0.39 is 23.6 Å². The van der Waals surface area contributed by atoms with Gasteiger partial charge in [-0.25, -0.2) is 14.8 Å². The molecule has 0 fully saturated rings. The number of hydrogen-bond acceptors (Lipinski definition) is 6. The molecule has 0 aliphatic carbocycles. The number of benzene rings is 2. The molecule has 0 saturated carbocycles. The highest BCUT2D eigenvalue weighted by Crippen LogP contribution is 2.20. The van der Waals surface area contributed by atoms with E-state index in [2.05, 4.69) is 31.1 Å². The molecule has 9 nitrogen and oxygen atoms in total. The molecule has 2 heterocycles. The zero-order valence-corrected chi connectivity index (χ0v) is 18.7. The molecule has 170 valence electrons. The van der Waals surface area contributed by atoms with E-state index in [4.69, 9.17) is 4.74 Å². The van der Waals surface area contributed by atoms with Crippen LogP contribution in [0, 0.1) is 0 Å². The van der Waals surface area contributed by atoms with Crippen molar-refractivity contribution >= 4 is 39.6 Å². The van der Waals surface area contributed by atoms with Crippen LogP contribution in [0.25, 0.3) is 21.8 Å². The summed E-state index contributed by atoms with van der Waals surface area (Å²) < 4.78 is 5.37. The normalized spacial score (nSPS) is 12.3. The monoisotopic (exact) mass is 446 g/mol. The summed E-state index contributed by atoms with van der Waals surface area (Å²) in [5.41, 5.74) is 7.42. The number of rotatable bonds is 6. The lowest BCUT2D eigenvalue weighted by Gasteiger charge is -2.23. The highest BCUT2D eigenvalue weighted by Gasteiger charge is 2.26. The first-order valence-corrected chi connectivity index (χ1v) is 10.6. The van der Waals surface area contributed by atoms with Crippen molar-refractivity contribution in [3.63, 3.8) is 0 Å². The number of aromatic nitrogens is 3. The Morgan fingerprint density at radius 3 is 2.55 bits per heavy atom. The molecule has 0 radical (unpaired) electrons. The van der Waals surface area contributed by atoms with Gasteiger partial charge in [-0.3, -0.25) is 15.6 Å². The minimum Gasteiger partial charge on any atom is -0.444 e. The van der Waals surface area contributed by atoms with Gasteiger partial charge in [0.15, 0.2) is 5.82 Å². The van der Waals surface area contributed by atoms with Crippen LogP contribution >= 0.6 is 0 Å². The molecule has 2 aromatic heterocycles. The molecule has 9 heteroatoms. The Morgan fingerprint density at radius 2 is 1.76 bits per heavy atom. The summed E-state index contributed by atoms with van der Waals surface area (Å²) in [6.45, 7) is 5.30. The van der Waals surface area contributed by atoms with E-state index in [1.54, 1.807) is 20.8 Å². The summed E-state index contributed by atoms with van der Waals surface area (Å²) in [6, 6.07) is 14.3. The number of para-hydroxylation sites is 2. The largest absolute Gasteiger partial charge is 0.444 e. The number of aromatic amines is 1. The topological polar surface area (TPSA) is 121 Å². The van der Waals surface area contributed by atoms with E-state index in [0.29, 0.717) is 5.82 Å². The Balaban J connectivity index is 1.53. The number of amides is 2. The minimum absolute atomic E-state index is 0.265. The van der Waals surface area contributed by atoms with Crippen LogP contribution in [0.4, 0.5) is 10.6 Å². The zero-order valence-electron chi connectivity index (χ0n) is 18.7. The maximum atomic E-state index is 13.1. The summed E-state index contributed by atoms with van der Waals surface area (Å²) in [5, 5.41) is 4.43. The van der Waals surface area contributed by atoms with Crippen molar-refractivity contribution in [3.8, 4) is 0 Å². The van der Waals surface area contributed by atoms with Crippen LogP contribution in [-0.2, 0) is 16.0 Å². The Kier molecular flexibility index (Phi) is 6.12. The molecule has 2 aromatic carbocycles. The third kappa shape index (κ3) is 5.38. The molecule has 2 amide bonds. The number of nitrogens with one attached hydrogen (secondary N) is 4. The number of carbonyl (C=O) groups excluding carboxylic acids is 2. The van der Waals surface area contributed by atoms with Gasteiger partial charge >= 0.3 is 6.09 Å². The SMILES string of the molecule is CC(C)(C)OC(=O)N[C@H](Cc1c[nH]c2ccccc12)C(=O)NNc1ncnc2ccccc12. The predicted octanol–water partition coefficient (Wildman–Crippen LogP) is 3.69. The number of anilines is 1. The Hall–Kier alpha value is -4.14. The number of nitrogens with zero attached hydrogens (tertiary/aromatic N) is 2. The van der Waals surface area contributed by atoms with Crippen molar-refractivity contribution in [1.82, 2.24) is 25.7 Å². The predicted molar refractivity (Wildman–Crippen MR) is 126 cm³/mol. The quantitative estimate of drug-likeness (QED) is 0.335. The summed E-state index contributed by atoms with van der Waals surface area (Å²) in [7, 11) is 0. The molecule has 4 rings (SSSR count). The van der Waals surface area contributed by atoms with Crippen LogP contribution in [0.15, 0.2) is 61.1 Å². The number of alkyl carbamates (subject to hydrolysis) is 1. The average molecular weight is 447 g/mol. The van der Waals surface area contributed by atoms with Crippen LogP contribution in [-0.4, -0.2) is 38.6 Å². The molecule has 0 aliphatic heterocycles. The number of fused-ring (bicyclic) bond motifs is 2. The van der Waals surface area contributed by atoms with Gasteiger partial charge in [0.05, 0.1) is 5.52 Å². The molecule has 0 bridgehead atoms. The lowest BCUT2D eigenvalue weighted by Crippen LogP contribution is -2.50. The molecule has 0 saturated heterocycles. The van der Waals surface area contributed by atoms with E-state index in [-0.39, 0.29) is 6.42 Å². The molecule has 0 aliphatic rings. The van der Waals surface area contributed by atoms with Crippen molar-refractivity contribution in [3.05, 3.63) is 66.6 Å². The lowest BCUT2D eigenvalue weighted by atomic mass is 10.0. The molecule has 0 unspecified atom stereocenters. The van der Waals surface area contributed by atoms with Gasteiger partial charge in [0.25, 0.3) is 5.91 Å². The first-order valence-electron chi connectivity index (χ1n) is 10.6. The van der Waals surface area contributed by atoms with E-state index in [9.17, 15) is 9.59 Å². The number of ether oxygens (including phenoxy) is 1. The van der Waals surface area contributed by atoms with E-state index in [1.807, 2.05) is 54.7 Å². The van der Waals surface area contributed by atoms with Gasteiger partial charge in [-0.2, -0.15) is 0 Å². The first-order chi connectivity index (χ1) is 15.8. The smallest absolute Gasteiger partial charge is 0.408 e. The average Bonchev–Trinajstić information content (AvgIpc) is 3.18. The molecule has 33 heavy (non-hydrogen) atoms. The van der Waals surface area contributed by atoms with Crippen molar-refractivity contribution in [1.29, 1.82) is 0 Å². The van der Waals surface area contributed by atoms with Crippen LogP contribution < -0.4 is 16.2 Å². The van der Waals surface area contributed by atoms with Crippen LogP contribution in [0.3, 0.4) is 0 Å². The van der Waals surface area contributed by atoms with Crippen LogP contribution in [0.5, 0.6) is 0 Å². The molecular formula is C24H26N6O3. The third-order valence-corrected chi connectivity index (χ3v) is 4.95. The molecule has 4 aromatic rings. The van der Waals surface area contributed by atoms with Crippen molar-refractivity contribution in [2.45, 2.75) is 38.8 Å². The summed E-state index contributed by atoms with van der Waals surface area (Å²) in [5.74, 6) is 0.0193. The highest BCUT2D eigenvalue weighted by molar-refractivity contribution is 5.92. The number of H-pyrrole nitrogens is 1. The van der Waals surface area contributed by atoms with Gasteiger partial charge in [-0.1, -0.05) is 30.3 Å². The molecule has 1 atom stereocenters.